The molecule has 14 heavy (non-hydrogen) atoms. The van der Waals surface area contributed by atoms with Gasteiger partial charge in [-0.1, -0.05) is 30.3 Å². The minimum atomic E-state index is -0.207. The molecule has 0 atom stereocenters. The van der Waals surface area contributed by atoms with Crippen LogP contribution in [0, 0.1) is 0 Å². The van der Waals surface area contributed by atoms with E-state index in [0.717, 1.165) is 5.56 Å². The van der Waals surface area contributed by atoms with Crippen molar-refractivity contribution in [1.29, 1.82) is 0 Å². The number of carbonyl (C=O) groups excluding carboxylic acids is 1. The van der Waals surface area contributed by atoms with Gasteiger partial charge in [0.2, 0.25) is 0 Å². The topological polar surface area (TPSA) is 50.7 Å². The molecule has 0 bridgehead atoms. The Morgan fingerprint density at radius 3 is 2.79 bits per heavy atom. The van der Waals surface area contributed by atoms with Gasteiger partial charge >= 0.3 is 0 Å². The first-order valence-corrected chi connectivity index (χ1v) is 4.21. The van der Waals surface area contributed by atoms with Crippen LogP contribution in [0.2, 0.25) is 0 Å². The number of nitrogens with one attached hydrogen (secondary N) is 1. The van der Waals surface area contributed by atoms with E-state index in [4.69, 9.17) is 0 Å². The second-order valence-electron chi connectivity index (χ2n) is 2.66. The maximum absolute atomic E-state index is 11.1. The van der Waals surface area contributed by atoms with Gasteiger partial charge in [0, 0.05) is 13.3 Å². The molecule has 0 saturated heterocycles. The van der Waals surface area contributed by atoms with E-state index >= 15 is 0 Å². The minimum Gasteiger partial charge on any atom is -0.386 e. The van der Waals surface area contributed by atoms with Crippen molar-refractivity contribution in [3.63, 3.8) is 0 Å². The molecule has 1 aromatic rings. The molecule has 0 fully saturated rings. The van der Waals surface area contributed by atoms with E-state index in [-0.39, 0.29) is 12.5 Å². The molecule has 1 aromatic carbocycles. The summed E-state index contributed by atoms with van der Waals surface area (Å²) in [5.41, 5.74) is 1.05. The molecular weight excluding hydrogens is 180 g/mol. The van der Waals surface area contributed by atoms with Crippen molar-refractivity contribution in [3.05, 3.63) is 35.9 Å². The molecule has 1 rings (SSSR count). The first kappa shape index (κ1) is 10.2. The van der Waals surface area contributed by atoms with Gasteiger partial charge < -0.3 is 10.2 Å². The van der Waals surface area contributed by atoms with Crippen LogP contribution in [0.3, 0.4) is 0 Å². The summed E-state index contributed by atoms with van der Waals surface area (Å²) < 4.78 is 0. The predicted octanol–water partition coefficient (Wildman–Crippen LogP) is 0.935. The highest BCUT2D eigenvalue weighted by atomic mass is 16.6. The van der Waals surface area contributed by atoms with E-state index in [1.807, 2.05) is 30.3 Å². The number of hydrogen-bond donors (Lipinski definition) is 1. The smallest absolute Gasteiger partial charge is 0.261 e. The zero-order valence-electron chi connectivity index (χ0n) is 7.77. The van der Waals surface area contributed by atoms with Crippen LogP contribution in [0.25, 0.3) is 0 Å². The molecule has 0 heterocycles. The molecule has 4 heteroatoms. The van der Waals surface area contributed by atoms with E-state index < -0.39 is 0 Å². The lowest BCUT2D eigenvalue weighted by Crippen LogP contribution is -2.26. The average molecular weight is 192 g/mol. The molecule has 0 saturated carbocycles. The largest absolute Gasteiger partial charge is 0.386 e. The van der Waals surface area contributed by atoms with Gasteiger partial charge in [-0.25, -0.2) is 0 Å². The summed E-state index contributed by atoms with van der Waals surface area (Å²) >= 11 is 0. The van der Waals surface area contributed by atoms with Crippen molar-refractivity contribution in [2.45, 2.75) is 6.54 Å². The Morgan fingerprint density at radius 2 is 2.14 bits per heavy atom. The molecule has 0 radical (unpaired) electrons. The summed E-state index contributed by atoms with van der Waals surface area (Å²) in [6.07, 6.45) is 0. The maximum atomic E-state index is 11.1. The van der Waals surface area contributed by atoms with Crippen LogP contribution in [0.1, 0.15) is 5.56 Å². The molecule has 74 valence electrons. The third-order valence-electron chi connectivity index (χ3n) is 1.62. The van der Waals surface area contributed by atoms with Gasteiger partial charge in [-0.2, -0.15) is 0 Å². The standard InChI is InChI=1S/C10H12N2O2/c1-11-14-8-10(13)12-7-9-5-3-2-4-6-9/h2-6H,1,7-8H2,(H,12,13). The van der Waals surface area contributed by atoms with Gasteiger partial charge in [-0.3, -0.25) is 4.79 Å². The molecule has 0 unspecified atom stereocenters. The predicted molar refractivity (Wildman–Crippen MR) is 53.8 cm³/mol. The lowest BCUT2D eigenvalue weighted by atomic mass is 10.2. The van der Waals surface area contributed by atoms with Crippen molar-refractivity contribution >= 4 is 12.6 Å². The normalized spacial score (nSPS) is 9.14. The summed E-state index contributed by atoms with van der Waals surface area (Å²) in [6, 6.07) is 9.64. The molecule has 1 N–H and O–H groups in total. The Labute approximate surface area is 82.6 Å². The highest BCUT2D eigenvalue weighted by Gasteiger charge is 2.00. The summed E-state index contributed by atoms with van der Waals surface area (Å²) in [6.45, 7) is 3.51. The zero-order chi connectivity index (χ0) is 10.2. The quantitative estimate of drug-likeness (QED) is 0.557. The van der Waals surface area contributed by atoms with E-state index in [1.54, 1.807) is 0 Å². The fourth-order valence-electron chi connectivity index (χ4n) is 0.952. The Kier molecular flexibility index (Phi) is 4.20. The van der Waals surface area contributed by atoms with Crippen LogP contribution in [0.5, 0.6) is 0 Å². The summed E-state index contributed by atoms with van der Waals surface area (Å²) in [5, 5.41) is 5.80. The number of nitrogens with zero attached hydrogens (tertiary/aromatic N) is 1. The van der Waals surface area contributed by atoms with E-state index in [0.29, 0.717) is 6.54 Å². The maximum Gasteiger partial charge on any atom is 0.261 e. The monoisotopic (exact) mass is 192 g/mol. The summed E-state index contributed by atoms with van der Waals surface area (Å²) in [7, 11) is 0. The Hall–Kier alpha value is -1.84. The van der Waals surface area contributed by atoms with Crippen LogP contribution in [0.4, 0.5) is 0 Å². The van der Waals surface area contributed by atoms with E-state index in [1.165, 1.54) is 0 Å². The van der Waals surface area contributed by atoms with Gasteiger partial charge in [0.25, 0.3) is 5.91 Å². The van der Waals surface area contributed by atoms with Crippen molar-refractivity contribution in [3.8, 4) is 0 Å². The fourth-order valence-corrected chi connectivity index (χ4v) is 0.952. The van der Waals surface area contributed by atoms with Crippen LogP contribution in [-0.2, 0) is 16.2 Å². The number of carbonyl (C=O) groups is 1. The first-order chi connectivity index (χ1) is 6.83. The zero-order valence-corrected chi connectivity index (χ0v) is 7.77. The van der Waals surface area contributed by atoms with Crippen LogP contribution in [0.15, 0.2) is 35.5 Å². The van der Waals surface area contributed by atoms with Gasteiger partial charge in [-0.05, 0) is 5.56 Å². The molecule has 4 nitrogen and oxygen atoms in total. The third-order valence-corrected chi connectivity index (χ3v) is 1.62. The number of rotatable bonds is 5. The first-order valence-electron chi connectivity index (χ1n) is 4.21. The third kappa shape index (κ3) is 3.71. The Bertz CT molecular complexity index is 298. The number of amides is 1. The van der Waals surface area contributed by atoms with Gasteiger partial charge in [-0.15, -0.1) is 5.16 Å². The highest BCUT2D eigenvalue weighted by molar-refractivity contribution is 5.77. The fraction of sp³-hybridized carbons (Fsp3) is 0.200. The molecule has 0 aliphatic rings. The SMILES string of the molecule is C=NOCC(=O)NCc1ccccc1. The van der Waals surface area contributed by atoms with Crippen molar-refractivity contribution in [2.75, 3.05) is 6.61 Å². The number of hydrogen-bond acceptors (Lipinski definition) is 3. The van der Waals surface area contributed by atoms with Crippen molar-refractivity contribution in [1.82, 2.24) is 5.32 Å². The summed E-state index contributed by atoms with van der Waals surface area (Å²) in [4.78, 5) is 15.5. The van der Waals surface area contributed by atoms with Crippen molar-refractivity contribution < 1.29 is 9.63 Å². The minimum absolute atomic E-state index is 0.0870. The molecule has 0 aliphatic heterocycles. The van der Waals surface area contributed by atoms with Crippen molar-refractivity contribution in [2.24, 2.45) is 5.16 Å². The van der Waals surface area contributed by atoms with E-state index in [2.05, 4.69) is 22.0 Å². The van der Waals surface area contributed by atoms with Crippen LogP contribution >= 0.6 is 0 Å². The molecule has 0 spiro atoms. The van der Waals surface area contributed by atoms with Gasteiger partial charge in [0.1, 0.15) is 0 Å². The van der Waals surface area contributed by atoms with Crippen LogP contribution < -0.4 is 5.32 Å². The molecular formula is C10H12N2O2. The average Bonchev–Trinajstić information content (AvgIpc) is 2.25. The van der Waals surface area contributed by atoms with E-state index in [9.17, 15) is 4.79 Å². The molecule has 0 aromatic heterocycles. The van der Waals surface area contributed by atoms with Gasteiger partial charge in [0.15, 0.2) is 6.61 Å². The summed E-state index contributed by atoms with van der Waals surface area (Å²) in [5.74, 6) is -0.207. The highest BCUT2D eigenvalue weighted by Crippen LogP contribution is 1.96. The number of oxime groups is 1. The lowest BCUT2D eigenvalue weighted by Gasteiger charge is -2.03. The second kappa shape index (κ2) is 5.75. The Morgan fingerprint density at radius 1 is 1.43 bits per heavy atom. The second-order valence-corrected chi connectivity index (χ2v) is 2.66. The van der Waals surface area contributed by atoms with Gasteiger partial charge in [0.05, 0.1) is 0 Å². The number of benzene rings is 1. The van der Waals surface area contributed by atoms with Crippen LogP contribution in [-0.4, -0.2) is 19.2 Å². The Balaban J connectivity index is 2.27. The molecule has 0 aliphatic carbocycles. The molecule has 1 amide bonds. The lowest BCUT2D eigenvalue weighted by molar-refractivity contribution is -0.125.